The first kappa shape index (κ1) is 18.4. The van der Waals surface area contributed by atoms with Crippen molar-refractivity contribution < 1.29 is 9.59 Å². The minimum absolute atomic E-state index is 0.0188. The van der Waals surface area contributed by atoms with Gasteiger partial charge in [0.25, 0.3) is 0 Å². The summed E-state index contributed by atoms with van der Waals surface area (Å²) in [5.74, 6) is 0.0638. The Bertz CT molecular complexity index is 399. The van der Waals surface area contributed by atoms with Gasteiger partial charge in [0.15, 0.2) is 0 Å². The molecule has 0 spiro atoms. The van der Waals surface area contributed by atoms with Gasteiger partial charge >= 0.3 is 0 Å². The molecule has 5 heteroatoms. The highest BCUT2D eigenvalue weighted by atomic mass is 16.2. The number of likely N-dealkylation sites (N-methyl/N-ethyl adjacent to an activating group) is 1. The Kier molecular flexibility index (Phi) is 7.03. The molecule has 0 N–H and O–H groups in total. The zero-order valence-electron chi connectivity index (χ0n) is 15.1. The maximum atomic E-state index is 12.9. The van der Waals surface area contributed by atoms with E-state index in [9.17, 15) is 9.59 Å². The molecule has 2 aliphatic rings. The summed E-state index contributed by atoms with van der Waals surface area (Å²) in [4.78, 5) is 31.4. The molecule has 1 saturated carbocycles. The van der Waals surface area contributed by atoms with Crippen molar-refractivity contribution in [1.82, 2.24) is 14.7 Å². The van der Waals surface area contributed by atoms with E-state index in [1.807, 2.05) is 0 Å². The third kappa shape index (κ3) is 5.01. The molecule has 0 bridgehead atoms. The van der Waals surface area contributed by atoms with Crippen LogP contribution in [0.4, 0.5) is 0 Å². The average molecular weight is 323 g/mol. The van der Waals surface area contributed by atoms with Crippen LogP contribution in [0.25, 0.3) is 0 Å². The first-order chi connectivity index (χ1) is 11.0. The molecule has 0 aromatic heterocycles. The van der Waals surface area contributed by atoms with Gasteiger partial charge in [0.05, 0.1) is 6.04 Å². The lowest BCUT2D eigenvalue weighted by molar-refractivity contribution is -0.150. The van der Waals surface area contributed by atoms with Crippen LogP contribution in [0.2, 0.25) is 0 Å². The van der Waals surface area contributed by atoms with Gasteiger partial charge in [-0.15, -0.1) is 0 Å². The van der Waals surface area contributed by atoms with E-state index in [2.05, 4.69) is 23.8 Å². The van der Waals surface area contributed by atoms with Crippen molar-refractivity contribution >= 4 is 11.8 Å². The van der Waals surface area contributed by atoms with Crippen molar-refractivity contribution in [3.63, 3.8) is 0 Å². The molecule has 0 aromatic rings. The van der Waals surface area contributed by atoms with Crippen molar-refractivity contribution in [2.45, 2.75) is 58.4 Å². The number of nitrogens with zero attached hydrogens (tertiary/aromatic N) is 3. The minimum atomic E-state index is -0.0819. The number of rotatable bonds is 5. The maximum absolute atomic E-state index is 12.9. The summed E-state index contributed by atoms with van der Waals surface area (Å²) in [6.45, 7) is 8.63. The summed E-state index contributed by atoms with van der Waals surface area (Å²) in [5, 5.41) is 0. The third-order valence-corrected chi connectivity index (χ3v) is 5.43. The fourth-order valence-electron chi connectivity index (χ4n) is 3.86. The lowest BCUT2D eigenvalue weighted by Crippen LogP contribution is -2.54. The summed E-state index contributed by atoms with van der Waals surface area (Å²) in [6.07, 6.45) is 6.21. The van der Waals surface area contributed by atoms with E-state index in [0.29, 0.717) is 0 Å². The second-order valence-electron chi connectivity index (χ2n) is 7.23. The smallest absolute Gasteiger partial charge is 0.232 e. The molecule has 132 valence electrons. The van der Waals surface area contributed by atoms with Crippen LogP contribution in [-0.2, 0) is 9.59 Å². The molecule has 0 radical (unpaired) electrons. The van der Waals surface area contributed by atoms with Crippen LogP contribution in [0.1, 0.15) is 52.4 Å². The van der Waals surface area contributed by atoms with Gasteiger partial charge in [0, 0.05) is 45.6 Å². The van der Waals surface area contributed by atoms with Crippen molar-refractivity contribution in [3.05, 3.63) is 0 Å². The topological polar surface area (TPSA) is 43.9 Å². The monoisotopic (exact) mass is 323 g/mol. The van der Waals surface area contributed by atoms with Gasteiger partial charge in [-0.25, -0.2) is 0 Å². The summed E-state index contributed by atoms with van der Waals surface area (Å²) in [6, 6.07) is 0.0188. The molecule has 1 atom stereocenters. The number of imide groups is 1. The van der Waals surface area contributed by atoms with E-state index in [1.54, 1.807) is 11.8 Å². The van der Waals surface area contributed by atoms with Gasteiger partial charge < -0.3 is 4.90 Å². The SMILES string of the molecule is CCC(CN1CCN(C)CC1)N(C(C)=O)C(=O)C1CCCCC1. The Morgan fingerprint density at radius 3 is 2.22 bits per heavy atom. The van der Waals surface area contributed by atoms with Crippen LogP contribution in [0.15, 0.2) is 0 Å². The molecule has 2 amide bonds. The zero-order chi connectivity index (χ0) is 16.8. The molecule has 1 heterocycles. The summed E-state index contributed by atoms with van der Waals surface area (Å²) in [5.41, 5.74) is 0. The molecule has 1 aliphatic carbocycles. The van der Waals surface area contributed by atoms with Gasteiger partial charge in [-0.1, -0.05) is 26.2 Å². The molecule has 5 nitrogen and oxygen atoms in total. The van der Waals surface area contributed by atoms with E-state index in [0.717, 1.165) is 64.8 Å². The second-order valence-corrected chi connectivity index (χ2v) is 7.23. The Labute approximate surface area is 141 Å². The minimum Gasteiger partial charge on any atom is -0.304 e. The van der Waals surface area contributed by atoms with Gasteiger partial charge in [-0.3, -0.25) is 19.4 Å². The number of piperazine rings is 1. The molecule has 1 unspecified atom stereocenters. The van der Waals surface area contributed by atoms with Crippen LogP contribution < -0.4 is 0 Å². The highest BCUT2D eigenvalue weighted by Gasteiger charge is 2.33. The number of hydrogen-bond acceptors (Lipinski definition) is 4. The van der Waals surface area contributed by atoms with Crippen molar-refractivity contribution in [3.8, 4) is 0 Å². The Morgan fingerprint density at radius 2 is 1.70 bits per heavy atom. The number of amides is 2. The third-order valence-electron chi connectivity index (χ3n) is 5.43. The van der Waals surface area contributed by atoms with Gasteiger partial charge in [0.2, 0.25) is 11.8 Å². The molecule has 23 heavy (non-hydrogen) atoms. The van der Waals surface area contributed by atoms with Gasteiger partial charge in [-0.05, 0) is 26.3 Å². The van der Waals surface area contributed by atoms with E-state index in [4.69, 9.17) is 0 Å². The normalized spacial score (nSPS) is 22.7. The largest absolute Gasteiger partial charge is 0.304 e. The number of carbonyl (C=O) groups is 2. The van der Waals surface area contributed by atoms with E-state index in [1.165, 1.54) is 6.42 Å². The van der Waals surface area contributed by atoms with E-state index >= 15 is 0 Å². The van der Waals surface area contributed by atoms with Gasteiger partial charge in [0.1, 0.15) is 0 Å². The van der Waals surface area contributed by atoms with Crippen molar-refractivity contribution in [1.29, 1.82) is 0 Å². The summed E-state index contributed by atoms with van der Waals surface area (Å²) < 4.78 is 0. The maximum Gasteiger partial charge on any atom is 0.232 e. The van der Waals surface area contributed by atoms with Crippen LogP contribution >= 0.6 is 0 Å². The molecule has 0 aromatic carbocycles. The van der Waals surface area contributed by atoms with E-state index in [-0.39, 0.29) is 23.8 Å². The fraction of sp³-hybridized carbons (Fsp3) is 0.889. The predicted octanol–water partition coefficient (Wildman–Crippen LogP) is 1.97. The first-order valence-corrected chi connectivity index (χ1v) is 9.27. The number of hydrogen-bond donors (Lipinski definition) is 0. The molecular formula is C18H33N3O2. The molecule has 1 saturated heterocycles. The standard InChI is InChI=1S/C18H33N3O2/c1-4-17(14-20-12-10-19(3)11-13-20)21(15(2)22)18(23)16-8-6-5-7-9-16/h16-17H,4-14H2,1-3H3. The fourth-order valence-corrected chi connectivity index (χ4v) is 3.86. The number of carbonyl (C=O) groups excluding carboxylic acids is 2. The molecular weight excluding hydrogens is 290 g/mol. The quantitative estimate of drug-likeness (QED) is 0.776. The average Bonchev–Trinajstić information content (AvgIpc) is 2.56. The Balaban J connectivity index is 2.01. The molecule has 1 aliphatic heterocycles. The lowest BCUT2D eigenvalue weighted by atomic mass is 9.87. The van der Waals surface area contributed by atoms with Crippen LogP contribution in [0, 0.1) is 5.92 Å². The molecule has 2 fully saturated rings. The highest BCUT2D eigenvalue weighted by molar-refractivity contribution is 5.95. The Morgan fingerprint density at radius 1 is 1.09 bits per heavy atom. The summed E-state index contributed by atoms with van der Waals surface area (Å²) >= 11 is 0. The van der Waals surface area contributed by atoms with Crippen LogP contribution in [0.3, 0.4) is 0 Å². The highest BCUT2D eigenvalue weighted by Crippen LogP contribution is 2.26. The summed E-state index contributed by atoms with van der Waals surface area (Å²) in [7, 11) is 2.14. The molecule has 2 rings (SSSR count). The predicted molar refractivity (Wildman–Crippen MR) is 92.1 cm³/mol. The van der Waals surface area contributed by atoms with Crippen molar-refractivity contribution in [2.24, 2.45) is 5.92 Å². The first-order valence-electron chi connectivity index (χ1n) is 9.27. The lowest BCUT2D eigenvalue weighted by Gasteiger charge is -2.38. The Hall–Kier alpha value is -0.940. The van der Waals surface area contributed by atoms with Crippen molar-refractivity contribution in [2.75, 3.05) is 39.8 Å². The van der Waals surface area contributed by atoms with Gasteiger partial charge in [-0.2, -0.15) is 0 Å². The van der Waals surface area contributed by atoms with Crippen LogP contribution in [0.5, 0.6) is 0 Å². The van der Waals surface area contributed by atoms with Crippen LogP contribution in [-0.4, -0.2) is 72.3 Å². The van der Waals surface area contributed by atoms with E-state index < -0.39 is 0 Å². The second kappa shape index (κ2) is 8.78. The zero-order valence-corrected chi connectivity index (χ0v) is 15.1.